The molecule has 4 aliphatic rings. The van der Waals surface area contributed by atoms with Crippen LogP contribution in [0.4, 0.5) is 0 Å². The Morgan fingerprint density at radius 3 is 2.30 bits per heavy atom. The fraction of sp³-hybridized carbons (Fsp3) is 0.775. The third-order valence-corrected chi connectivity index (χ3v) is 16.3. The van der Waals surface area contributed by atoms with E-state index >= 15 is 0 Å². The van der Waals surface area contributed by atoms with Gasteiger partial charge in [0.25, 0.3) is 0 Å². The summed E-state index contributed by atoms with van der Waals surface area (Å²) < 4.78 is 28.5. The van der Waals surface area contributed by atoms with Crippen LogP contribution in [0.2, 0.25) is 6.04 Å². The van der Waals surface area contributed by atoms with E-state index in [1.165, 1.54) is 51.4 Å². The summed E-state index contributed by atoms with van der Waals surface area (Å²) in [5.41, 5.74) is 2.91. The van der Waals surface area contributed by atoms with Crippen LogP contribution in [0.3, 0.4) is 0 Å². The molecule has 0 saturated heterocycles. The predicted molar refractivity (Wildman–Crippen MR) is 190 cm³/mol. The van der Waals surface area contributed by atoms with E-state index in [0.29, 0.717) is 23.6 Å². The second-order valence-electron chi connectivity index (χ2n) is 16.3. The first-order valence-corrected chi connectivity index (χ1v) is 20.7. The molecule has 0 heterocycles. The highest BCUT2D eigenvalue weighted by Crippen LogP contribution is 2.67. The number of hydrogen-bond donors (Lipinski definition) is 0. The summed E-state index contributed by atoms with van der Waals surface area (Å²) in [7, 11) is 2.27. The number of rotatable bonds is 15. The fourth-order valence-electron chi connectivity index (χ4n) is 10.7. The first kappa shape index (κ1) is 36.6. The number of fused-ring (bicyclic) bond motifs is 5. The summed E-state index contributed by atoms with van der Waals surface area (Å²) in [5.74, 6) is 5.52. The van der Waals surface area contributed by atoms with Gasteiger partial charge in [-0.2, -0.15) is 0 Å². The standard InChI is InChI=1S/C40H64O6Si/c1-28(2)11-9-12-29(3)35-19-20-36-34-18-15-31-27-33(21-23-39(31,4)37(34)22-24-40(35,36)5)46-38(41)30-13-16-32(17-14-30)45-25-10-26-47(42-6,43-7)44-8/h13-17,28-29,33-37H,9-12,18-27H2,1-8H3/t29?,33?,34?,35?,36-,37-,39?,40?/m0/s1. The van der Waals surface area contributed by atoms with Gasteiger partial charge in [0.1, 0.15) is 11.9 Å². The topological polar surface area (TPSA) is 63.2 Å². The number of carbonyl (C=O) groups is 1. The van der Waals surface area contributed by atoms with Crippen molar-refractivity contribution in [3.05, 3.63) is 41.5 Å². The third kappa shape index (κ3) is 7.73. The van der Waals surface area contributed by atoms with E-state index in [-0.39, 0.29) is 17.5 Å². The van der Waals surface area contributed by atoms with Gasteiger partial charge in [0.2, 0.25) is 0 Å². The smallest absolute Gasteiger partial charge is 0.494 e. The number of benzene rings is 1. The van der Waals surface area contributed by atoms with Crippen LogP contribution in [0.1, 0.15) is 122 Å². The first-order chi connectivity index (χ1) is 22.5. The molecule has 264 valence electrons. The van der Waals surface area contributed by atoms with E-state index in [2.05, 4.69) is 40.7 Å². The summed E-state index contributed by atoms with van der Waals surface area (Å²) in [6, 6.07) is 8.00. The lowest BCUT2D eigenvalue weighted by atomic mass is 9.47. The van der Waals surface area contributed by atoms with Gasteiger partial charge in [-0.05, 0) is 122 Å². The lowest BCUT2D eigenvalue weighted by Gasteiger charge is -2.58. The summed E-state index contributed by atoms with van der Waals surface area (Å²) in [4.78, 5) is 13.2. The Morgan fingerprint density at radius 2 is 1.62 bits per heavy atom. The van der Waals surface area contributed by atoms with Gasteiger partial charge >= 0.3 is 14.8 Å². The zero-order valence-electron chi connectivity index (χ0n) is 30.8. The second-order valence-corrected chi connectivity index (χ2v) is 19.4. The van der Waals surface area contributed by atoms with Crippen molar-refractivity contribution in [3.8, 4) is 5.75 Å². The molecule has 0 aliphatic heterocycles. The Balaban J connectivity index is 1.13. The van der Waals surface area contributed by atoms with Crippen LogP contribution < -0.4 is 4.74 Å². The molecule has 1 aromatic rings. The molecule has 6 nitrogen and oxygen atoms in total. The Bertz CT molecular complexity index is 1200. The third-order valence-electron chi connectivity index (χ3n) is 13.5. The molecular formula is C40H64O6Si. The summed E-state index contributed by atoms with van der Waals surface area (Å²) in [6.07, 6.45) is 17.3. The zero-order chi connectivity index (χ0) is 33.8. The highest BCUT2D eigenvalue weighted by molar-refractivity contribution is 6.60. The van der Waals surface area contributed by atoms with Gasteiger partial charge in [-0.3, -0.25) is 0 Å². The number of carbonyl (C=O) groups excluding carboxylic acids is 1. The Hall–Kier alpha value is -1.67. The average Bonchev–Trinajstić information content (AvgIpc) is 3.43. The van der Waals surface area contributed by atoms with Crippen LogP contribution in [-0.2, 0) is 18.0 Å². The molecular weight excluding hydrogens is 605 g/mol. The highest BCUT2D eigenvalue weighted by Gasteiger charge is 2.59. The molecule has 0 N–H and O–H groups in total. The minimum atomic E-state index is -2.59. The van der Waals surface area contributed by atoms with Gasteiger partial charge in [-0.1, -0.05) is 65.5 Å². The normalized spacial score (nSPS) is 32.6. The van der Waals surface area contributed by atoms with E-state index in [4.69, 9.17) is 22.8 Å². The van der Waals surface area contributed by atoms with E-state index < -0.39 is 8.80 Å². The Morgan fingerprint density at radius 1 is 0.894 bits per heavy atom. The molecule has 6 unspecified atom stereocenters. The van der Waals surface area contributed by atoms with E-state index in [1.54, 1.807) is 26.9 Å². The van der Waals surface area contributed by atoms with Gasteiger partial charge in [0.15, 0.2) is 0 Å². The maximum Gasteiger partial charge on any atom is 0.500 e. The van der Waals surface area contributed by atoms with Crippen molar-refractivity contribution < 1.29 is 27.5 Å². The van der Waals surface area contributed by atoms with Crippen molar-refractivity contribution in [1.29, 1.82) is 0 Å². The lowest BCUT2D eigenvalue weighted by molar-refractivity contribution is -0.0594. The van der Waals surface area contributed by atoms with Crippen LogP contribution in [0.15, 0.2) is 35.9 Å². The summed E-state index contributed by atoms with van der Waals surface area (Å²) >= 11 is 0. The molecule has 0 bridgehead atoms. The maximum atomic E-state index is 13.2. The fourth-order valence-corrected chi connectivity index (χ4v) is 12.4. The average molecular weight is 669 g/mol. The van der Waals surface area contributed by atoms with E-state index in [0.717, 1.165) is 66.9 Å². The van der Waals surface area contributed by atoms with Crippen molar-refractivity contribution >= 4 is 14.8 Å². The molecule has 8 atom stereocenters. The monoisotopic (exact) mass is 668 g/mol. The van der Waals surface area contributed by atoms with Gasteiger partial charge in [0, 0.05) is 33.8 Å². The summed E-state index contributed by atoms with van der Waals surface area (Å²) in [5, 5.41) is 0. The van der Waals surface area contributed by atoms with Crippen molar-refractivity contribution in [1.82, 2.24) is 0 Å². The number of hydrogen-bond acceptors (Lipinski definition) is 6. The number of esters is 1. The molecule has 1 aromatic carbocycles. The molecule has 0 spiro atoms. The van der Waals surface area contributed by atoms with Crippen molar-refractivity contribution in [2.45, 2.75) is 124 Å². The van der Waals surface area contributed by atoms with Crippen LogP contribution in [-0.4, -0.2) is 48.8 Å². The quantitative estimate of drug-likeness (QED) is 0.0803. The van der Waals surface area contributed by atoms with Gasteiger partial charge in [-0.15, -0.1) is 0 Å². The molecule has 3 fully saturated rings. The van der Waals surface area contributed by atoms with Gasteiger partial charge < -0.3 is 22.8 Å². The Labute approximate surface area is 287 Å². The van der Waals surface area contributed by atoms with Gasteiger partial charge in [0.05, 0.1) is 12.2 Å². The van der Waals surface area contributed by atoms with Crippen LogP contribution in [0.25, 0.3) is 0 Å². The molecule has 0 aromatic heterocycles. The van der Waals surface area contributed by atoms with E-state index in [1.807, 2.05) is 24.3 Å². The minimum absolute atomic E-state index is 0.0440. The number of allylic oxidation sites excluding steroid dienone is 1. The van der Waals surface area contributed by atoms with Crippen LogP contribution in [0.5, 0.6) is 5.75 Å². The number of ether oxygens (including phenoxy) is 2. The molecule has 4 aliphatic carbocycles. The lowest BCUT2D eigenvalue weighted by Crippen LogP contribution is -2.51. The van der Waals surface area contributed by atoms with Crippen LogP contribution in [0, 0.1) is 46.3 Å². The van der Waals surface area contributed by atoms with Crippen molar-refractivity contribution in [2.75, 3.05) is 27.9 Å². The molecule has 47 heavy (non-hydrogen) atoms. The van der Waals surface area contributed by atoms with Crippen molar-refractivity contribution in [3.63, 3.8) is 0 Å². The van der Waals surface area contributed by atoms with Crippen LogP contribution >= 0.6 is 0 Å². The Kier molecular flexibility index (Phi) is 12.1. The molecule has 3 saturated carbocycles. The first-order valence-electron chi connectivity index (χ1n) is 18.8. The molecule has 0 radical (unpaired) electrons. The highest BCUT2D eigenvalue weighted by atomic mass is 28.4. The summed E-state index contributed by atoms with van der Waals surface area (Å²) in [6.45, 7) is 13.0. The SMILES string of the molecule is CO[Si](CCCOc1ccc(C(=O)OC2CCC3(C)C(=CCC4[C@@H]3CCC3(C)C(C(C)CCCC(C)C)CC[C@@H]43)C2)cc1)(OC)OC. The maximum absolute atomic E-state index is 13.2. The van der Waals surface area contributed by atoms with E-state index in [9.17, 15) is 4.79 Å². The molecule has 7 heteroatoms. The van der Waals surface area contributed by atoms with Crippen molar-refractivity contribution in [2.24, 2.45) is 46.3 Å². The largest absolute Gasteiger partial charge is 0.500 e. The molecule has 0 amide bonds. The molecule has 5 rings (SSSR count). The second kappa shape index (κ2) is 15.5. The zero-order valence-corrected chi connectivity index (χ0v) is 31.8. The predicted octanol–water partition coefficient (Wildman–Crippen LogP) is 9.90. The minimum Gasteiger partial charge on any atom is -0.494 e. The van der Waals surface area contributed by atoms with Gasteiger partial charge in [-0.25, -0.2) is 4.79 Å².